The molecule has 0 heterocycles. The second-order valence-electron chi connectivity index (χ2n) is 10.3. The number of benzene rings is 5. The van der Waals surface area contributed by atoms with E-state index in [9.17, 15) is 0 Å². The molecule has 1 unspecified atom stereocenters. The summed E-state index contributed by atoms with van der Waals surface area (Å²) in [4.78, 5) is 0. The summed E-state index contributed by atoms with van der Waals surface area (Å²) in [6.07, 6.45) is 3.78. The third-order valence-corrected chi connectivity index (χ3v) is 33.5. The van der Waals surface area contributed by atoms with E-state index in [1.165, 1.54) is 47.6 Å². The molecular formula is C34H26Cl2SiTi. The molecule has 0 saturated heterocycles. The Balaban J connectivity index is 1.67. The fraction of sp³-hybridized carbons (Fsp3) is 0.0588. The van der Waals surface area contributed by atoms with Crippen LogP contribution in [0.1, 0.15) is 26.5 Å². The van der Waals surface area contributed by atoms with Crippen LogP contribution in [0.3, 0.4) is 0 Å². The molecule has 0 N–H and O–H groups in total. The molecule has 38 heavy (non-hydrogen) atoms. The fourth-order valence-corrected chi connectivity index (χ4v) is 33.6. The van der Waals surface area contributed by atoms with Crippen molar-refractivity contribution < 1.29 is 11.9 Å². The van der Waals surface area contributed by atoms with Crippen LogP contribution in [0.2, 0.25) is 0 Å². The Morgan fingerprint density at radius 2 is 1.21 bits per heavy atom. The van der Waals surface area contributed by atoms with Gasteiger partial charge in [0, 0.05) is 0 Å². The van der Waals surface area contributed by atoms with Crippen LogP contribution in [-0.2, 0) is 18.3 Å². The summed E-state index contributed by atoms with van der Waals surface area (Å²) in [5, 5.41) is 2.55. The van der Waals surface area contributed by atoms with Gasteiger partial charge in [-0.25, -0.2) is 0 Å². The molecule has 0 nitrogen and oxygen atoms in total. The van der Waals surface area contributed by atoms with Gasteiger partial charge in [-0.05, 0) is 0 Å². The van der Waals surface area contributed by atoms with Crippen molar-refractivity contribution in [1.29, 1.82) is 0 Å². The second kappa shape index (κ2) is 9.23. The predicted octanol–water partition coefficient (Wildman–Crippen LogP) is 7.45. The summed E-state index contributed by atoms with van der Waals surface area (Å²) in [6.45, 7) is 0. The summed E-state index contributed by atoms with van der Waals surface area (Å²) in [5.41, 5.74) is 7.76. The molecule has 0 amide bonds. The molecule has 0 spiro atoms. The number of hydrogen-bond donors (Lipinski definition) is 0. The first kappa shape index (κ1) is 24.4. The van der Waals surface area contributed by atoms with E-state index < -0.39 is 18.1 Å². The minimum absolute atomic E-state index is 0.0314. The molecule has 184 valence electrons. The van der Waals surface area contributed by atoms with E-state index in [1.54, 1.807) is 0 Å². The van der Waals surface area contributed by atoms with E-state index in [4.69, 9.17) is 18.6 Å². The van der Waals surface area contributed by atoms with Crippen molar-refractivity contribution in [3.63, 3.8) is 0 Å². The van der Waals surface area contributed by atoms with E-state index in [1.807, 2.05) is 0 Å². The number of allylic oxidation sites excluding steroid dienone is 1. The normalized spacial score (nSPS) is 15.6. The maximum absolute atomic E-state index is 8.57. The van der Waals surface area contributed by atoms with E-state index in [2.05, 4.69) is 140 Å². The van der Waals surface area contributed by atoms with Gasteiger partial charge in [0.15, 0.2) is 0 Å². The van der Waals surface area contributed by atoms with Crippen molar-refractivity contribution in [3.8, 4) is 11.1 Å². The van der Waals surface area contributed by atoms with Gasteiger partial charge in [0.25, 0.3) is 0 Å². The molecule has 0 fully saturated rings. The molecule has 0 radical (unpaired) electrons. The average molecular weight is 581 g/mol. The third kappa shape index (κ3) is 3.61. The average Bonchev–Trinajstić information content (AvgIpc) is 3.57. The van der Waals surface area contributed by atoms with E-state index in [0.717, 1.165) is 6.42 Å². The number of rotatable bonds is 4. The molecule has 5 aromatic carbocycles. The van der Waals surface area contributed by atoms with Gasteiger partial charge in [0.05, 0.1) is 0 Å². The zero-order chi connectivity index (χ0) is 25.8. The summed E-state index contributed by atoms with van der Waals surface area (Å²) < 4.78 is 1.18. The Bertz CT molecular complexity index is 1760. The van der Waals surface area contributed by atoms with Crippen LogP contribution < -0.4 is 14.2 Å². The van der Waals surface area contributed by atoms with Crippen molar-refractivity contribution in [2.75, 3.05) is 0 Å². The summed E-state index contributed by atoms with van der Waals surface area (Å²) in [5.74, 6) is 0. The van der Waals surface area contributed by atoms with Crippen LogP contribution in [0, 0.1) is 0 Å². The molecular weight excluding hydrogens is 555 g/mol. The van der Waals surface area contributed by atoms with Gasteiger partial charge in [-0.3, -0.25) is 0 Å². The van der Waals surface area contributed by atoms with Gasteiger partial charge in [-0.1, -0.05) is 0 Å². The molecule has 7 rings (SSSR count). The Morgan fingerprint density at radius 3 is 1.95 bits per heavy atom. The minimum atomic E-state index is -4.82. The topological polar surface area (TPSA) is 0 Å². The molecule has 0 aliphatic heterocycles. The van der Waals surface area contributed by atoms with Crippen LogP contribution in [-0.4, -0.2) is 6.19 Å². The first-order valence-corrected chi connectivity index (χ1v) is 22.9. The van der Waals surface area contributed by atoms with Crippen LogP contribution in [0.4, 0.5) is 0 Å². The molecule has 2 aliphatic carbocycles. The predicted molar refractivity (Wildman–Crippen MR) is 162 cm³/mol. The SMILES string of the molecule is [Cl][Ti]([Cl])([c]1cccc2c1Cc1ccccc1-2)([CH]1C=Cc2ccccc21)=[Si](c1ccccc1)c1ccccc1. The fourth-order valence-electron chi connectivity index (χ4n) is 6.64. The number of hydrogen-bond acceptors (Lipinski definition) is 0. The molecule has 1 atom stereocenters. The Labute approximate surface area is 233 Å². The maximum atomic E-state index is 8.57. The van der Waals surface area contributed by atoms with Gasteiger partial charge >= 0.3 is 235 Å². The second-order valence-corrected chi connectivity index (χ2v) is 33.9. The van der Waals surface area contributed by atoms with Crippen molar-refractivity contribution in [2.45, 2.75) is 10.6 Å². The van der Waals surface area contributed by atoms with Gasteiger partial charge in [-0.2, -0.15) is 0 Å². The molecule has 0 aromatic heterocycles. The molecule has 2 aliphatic rings. The van der Waals surface area contributed by atoms with E-state index >= 15 is 0 Å². The summed E-state index contributed by atoms with van der Waals surface area (Å²) >= 11 is -4.82. The molecule has 0 bridgehead atoms. The third-order valence-electron chi connectivity index (χ3n) is 8.27. The van der Waals surface area contributed by atoms with Crippen LogP contribution in [0.5, 0.6) is 0 Å². The van der Waals surface area contributed by atoms with Gasteiger partial charge in [-0.15, -0.1) is 0 Å². The van der Waals surface area contributed by atoms with Gasteiger partial charge < -0.3 is 0 Å². The monoisotopic (exact) mass is 580 g/mol. The van der Waals surface area contributed by atoms with Crippen LogP contribution >= 0.6 is 18.6 Å². The van der Waals surface area contributed by atoms with Crippen molar-refractivity contribution in [1.82, 2.24) is 0 Å². The molecule has 5 aromatic rings. The first-order valence-electron chi connectivity index (χ1n) is 13.1. The van der Waals surface area contributed by atoms with Crippen molar-refractivity contribution in [2.24, 2.45) is 0 Å². The summed E-state index contributed by atoms with van der Waals surface area (Å²) in [6, 6.07) is 45.8. The first-order chi connectivity index (χ1) is 18.6. The van der Waals surface area contributed by atoms with E-state index in [0.29, 0.717) is 0 Å². The summed E-state index contributed by atoms with van der Waals surface area (Å²) in [7, 11) is 17.1. The van der Waals surface area contributed by atoms with Crippen LogP contribution in [0.25, 0.3) is 17.2 Å². The van der Waals surface area contributed by atoms with E-state index in [-0.39, 0.29) is 4.22 Å². The Morgan fingerprint density at radius 1 is 0.605 bits per heavy atom. The van der Waals surface area contributed by atoms with Gasteiger partial charge in [0.1, 0.15) is 0 Å². The van der Waals surface area contributed by atoms with Crippen LogP contribution in [0.15, 0.2) is 133 Å². The number of halogens is 2. The van der Waals surface area contributed by atoms with Gasteiger partial charge in [0.2, 0.25) is 0 Å². The molecule has 0 saturated carbocycles. The standard InChI is InChI=1S/C13H9.C12H10Si.C9H7.2ClH.Ti/c1-3-7-12-10(5-1)9-11-6-2-4-8-13(11)12;1-3-7-11(8-4-1)13-12-9-5-2-6-10-12;1-2-5-9-7-3-6-8(9)4-1;;;/h1-5,7-8H,9H2;1-10H;1-7H;2*1H;/q;;;;;+2/p-2. The Hall–Kier alpha value is -2.65. The zero-order valence-corrected chi connectivity index (χ0v) is 24.9. The number of fused-ring (bicyclic) bond motifs is 4. The zero-order valence-electron chi connectivity index (χ0n) is 20.8. The van der Waals surface area contributed by atoms with Crippen molar-refractivity contribution in [3.05, 3.63) is 156 Å². The Kier molecular flexibility index (Phi) is 5.92. The molecule has 4 heteroatoms. The quantitative estimate of drug-likeness (QED) is 0.190. The van der Waals surface area contributed by atoms with Crippen molar-refractivity contribution >= 4 is 45.1 Å².